The van der Waals surface area contributed by atoms with Crippen molar-refractivity contribution >= 4 is 22.0 Å². The lowest BCUT2D eigenvalue weighted by atomic mass is 10.2. The van der Waals surface area contributed by atoms with Crippen LogP contribution in [0.25, 0.3) is 0 Å². The van der Waals surface area contributed by atoms with Crippen molar-refractivity contribution in [1.82, 2.24) is 15.1 Å². The predicted molar refractivity (Wildman–Crippen MR) is 98.3 cm³/mol. The van der Waals surface area contributed by atoms with Gasteiger partial charge < -0.3 is 4.90 Å². The smallest absolute Gasteiger partial charge is 0.308 e. The van der Waals surface area contributed by atoms with Gasteiger partial charge in [0.2, 0.25) is 0 Å². The van der Waals surface area contributed by atoms with E-state index in [-0.39, 0.29) is 11.4 Å². The van der Waals surface area contributed by atoms with Crippen LogP contribution in [0.3, 0.4) is 0 Å². The van der Waals surface area contributed by atoms with E-state index < -0.39 is 28.0 Å². The third kappa shape index (κ3) is 5.05. The summed E-state index contributed by atoms with van der Waals surface area (Å²) in [6, 6.07) is 12.9. The molecule has 0 unspecified atom stereocenters. The van der Waals surface area contributed by atoms with E-state index in [1.807, 2.05) is 4.72 Å². The number of benzene rings is 2. The topological polar surface area (TPSA) is 116 Å². The SMILES string of the molecule is Cc1ccccc1S(=O)(=O)NC(=O)N(Cc1ccccc1)[C@@H](C)C(=O)NO. The van der Waals surface area contributed by atoms with Gasteiger partial charge >= 0.3 is 6.03 Å². The van der Waals surface area contributed by atoms with Crippen molar-refractivity contribution in [2.45, 2.75) is 31.3 Å². The number of urea groups is 1. The lowest BCUT2D eigenvalue weighted by Crippen LogP contribution is -2.51. The molecule has 0 aromatic heterocycles. The van der Waals surface area contributed by atoms with E-state index in [0.29, 0.717) is 11.1 Å². The molecule has 0 heterocycles. The average molecular weight is 391 g/mol. The molecule has 0 aliphatic carbocycles. The average Bonchev–Trinajstić information content (AvgIpc) is 2.65. The first-order chi connectivity index (χ1) is 12.8. The Bertz CT molecular complexity index is 916. The molecule has 0 aliphatic heterocycles. The van der Waals surface area contributed by atoms with Gasteiger partial charge in [-0.25, -0.2) is 23.4 Å². The number of sulfonamides is 1. The molecule has 0 fully saturated rings. The molecular formula is C18H21N3O5S. The van der Waals surface area contributed by atoms with E-state index >= 15 is 0 Å². The standard InChI is InChI=1S/C18H21N3O5S/c1-13-8-6-7-11-16(13)27(25,26)20-18(23)21(14(2)17(22)19-24)12-15-9-4-3-5-10-15/h3-11,14,24H,12H2,1-2H3,(H,19,22)(H,20,23)/t14-/m0/s1. The normalized spacial score (nSPS) is 12.1. The molecule has 2 rings (SSSR count). The van der Waals surface area contributed by atoms with Crippen LogP contribution in [-0.2, 0) is 21.4 Å². The third-order valence-electron chi connectivity index (χ3n) is 4.02. The summed E-state index contributed by atoms with van der Waals surface area (Å²) in [5.41, 5.74) is 2.65. The zero-order valence-corrected chi connectivity index (χ0v) is 15.7. The lowest BCUT2D eigenvalue weighted by Gasteiger charge is -2.28. The second-order valence-electron chi connectivity index (χ2n) is 5.94. The number of hydrogen-bond donors (Lipinski definition) is 3. The number of carbonyl (C=O) groups is 2. The second kappa shape index (κ2) is 8.65. The Morgan fingerprint density at radius 3 is 2.26 bits per heavy atom. The van der Waals surface area contributed by atoms with Crippen molar-refractivity contribution in [2.24, 2.45) is 0 Å². The fraction of sp³-hybridized carbons (Fsp3) is 0.222. The molecule has 1 atom stereocenters. The van der Waals surface area contributed by atoms with E-state index in [2.05, 4.69) is 0 Å². The van der Waals surface area contributed by atoms with Gasteiger partial charge in [-0.3, -0.25) is 10.0 Å². The van der Waals surface area contributed by atoms with Crippen LogP contribution in [0.5, 0.6) is 0 Å². The Kier molecular flexibility index (Phi) is 6.54. The first-order valence-electron chi connectivity index (χ1n) is 8.13. The van der Waals surface area contributed by atoms with Crippen molar-refractivity contribution < 1.29 is 23.2 Å². The van der Waals surface area contributed by atoms with E-state index in [1.54, 1.807) is 55.5 Å². The minimum absolute atomic E-state index is 0.0233. The maximum absolute atomic E-state index is 12.7. The molecule has 0 bridgehead atoms. The summed E-state index contributed by atoms with van der Waals surface area (Å²) in [6.45, 7) is 2.97. The van der Waals surface area contributed by atoms with Crippen molar-refractivity contribution in [1.29, 1.82) is 0 Å². The lowest BCUT2D eigenvalue weighted by molar-refractivity contribution is -0.133. The van der Waals surface area contributed by atoms with E-state index in [9.17, 15) is 18.0 Å². The van der Waals surface area contributed by atoms with Gasteiger partial charge in [0.25, 0.3) is 15.9 Å². The van der Waals surface area contributed by atoms with E-state index in [0.717, 1.165) is 4.90 Å². The Balaban J connectivity index is 2.30. The molecule has 3 amide bonds. The van der Waals surface area contributed by atoms with Crippen LogP contribution in [0.4, 0.5) is 4.79 Å². The number of hydroxylamine groups is 1. The molecule has 27 heavy (non-hydrogen) atoms. The van der Waals surface area contributed by atoms with Gasteiger partial charge in [0.1, 0.15) is 6.04 Å². The molecule has 0 saturated heterocycles. The maximum Gasteiger partial charge on any atom is 0.332 e. The van der Waals surface area contributed by atoms with Crippen LogP contribution < -0.4 is 10.2 Å². The number of amides is 3. The fourth-order valence-electron chi connectivity index (χ4n) is 2.49. The molecule has 0 saturated carbocycles. The molecule has 2 aromatic rings. The summed E-state index contributed by atoms with van der Waals surface area (Å²) < 4.78 is 27.1. The largest absolute Gasteiger partial charge is 0.332 e. The van der Waals surface area contributed by atoms with Crippen molar-refractivity contribution in [3.63, 3.8) is 0 Å². The number of carbonyl (C=O) groups excluding carboxylic acids is 2. The molecule has 0 radical (unpaired) electrons. The Morgan fingerprint density at radius 1 is 1.07 bits per heavy atom. The van der Waals surface area contributed by atoms with Gasteiger partial charge in [0, 0.05) is 6.54 Å². The van der Waals surface area contributed by atoms with Gasteiger partial charge in [-0.1, -0.05) is 48.5 Å². The van der Waals surface area contributed by atoms with Crippen LogP contribution in [-0.4, -0.2) is 36.5 Å². The number of nitrogens with zero attached hydrogens (tertiary/aromatic N) is 1. The molecule has 2 aromatic carbocycles. The summed E-state index contributed by atoms with van der Waals surface area (Å²) >= 11 is 0. The van der Waals surface area contributed by atoms with Gasteiger partial charge in [-0.05, 0) is 31.0 Å². The van der Waals surface area contributed by atoms with Gasteiger partial charge in [-0.2, -0.15) is 0 Å². The van der Waals surface area contributed by atoms with E-state index in [1.165, 1.54) is 18.5 Å². The zero-order valence-electron chi connectivity index (χ0n) is 14.9. The molecular weight excluding hydrogens is 370 g/mol. The first kappa shape index (κ1) is 20.4. The Morgan fingerprint density at radius 2 is 1.67 bits per heavy atom. The number of hydrogen-bond acceptors (Lipinski definition) is 5. The summed E-state index contributed by atoms with van der Waals surface area (Å²) in [7, 11) is -4.13. The van der Waals surface area contributed by atoms with Crippen LogP contribution in [0.2, 0.25) is 0 Å². The number of aryl methyl sites for hydroxylation is 1. The first-order valence-corrected chi connectivity index (χ1v) is 9.61. The van der Waals surface area contributed by atoms with Crippen LogP contribution in [0.1, 0.15) is 18.1 Å². The molecule has 144 valence electrons. The zero-order chi connectivity index (χ0) is 20.0. The third-order valence-corrected chi connectivity index (χ3v) is 5.50. The van der Waals surface area contributed by atoms with Crippen molar-refractivity contribution in [2.75, 3.05) is 0 Å². The van der Waals surface area contributed by atoms with Gasteiger partial charge in [0.05, 0.1) is 4.90 Å². The maximum atomic E-state index is 12.7. The quantitative estimate of drug-likeness (QED) is 0.513. The number of nitrogens with one attached hydrogen (secondary N) is 2. The fourth-order valence-corrected chi connectivity index (χ4v) is 3.69. The summed E-state index contributed by atoms with van der Waals surface area (Å²) in [4.78, 5) is 25.5. The monoisotopic (exact) mass is 391 g/mol. The van der Waals surface area contributed by atoms with Gasteiger partial charge in [0.15, 0.2) is 0 Å². The summed E-state index contributed by atoms with van der Waals surface area (Å²) in [5.74, 6) is -0.839. The minimum atomic E-state index is -4.13. The summed E-state index contributed by atoms with van der Waals surface area (Å²) in [6.07, 6.45) is 0. The highest BCUT2D eigenvalue weighted by Crippen LogP contribution is 2.15. The van der Waals surface area contributed by atoms with Crippen LogP contribution >= 0.6 is 0 Å². The van der Waals surface area contributed by atoms with Crippen LogP contribution in [0, 0.1) is 6.92 Å². The van der Waals surface area contributed by atoms with Crippen molar-refractivity contribution in [3.8, 4) is 0 Å². The van der Waals surface area contributed by atoms with Crippen LogP contribution in [0.15, 0.2) is 59.5 Å². The predicted octanol–water partition coefficient (Wildman–Crippen LogP) is 1.79. The number of rotatable bonds is 6. The molecule has 0 aliphatic rings. The highest BCUT2D eigenvalue weighted by molar-refractivity contribution is 7.90. The molecule has 9 heteroatoms. The molecule has 3 N–H and O–H groups in total. The minimum Gasteiger partial charge on any atom is -0.308 e. The molecule has 8 nitrogen and oxygen atoms in total. The Labute approximate surface area is 157 Å². The van der Waals surface area contributed by atoms with Gasteiger partial charge in [-0.15, -0.1) is 0 Å². The highest BCUT2D eigenvalue weighted by atomic mass is 32.2. The Hall–Kier alpha value is -2.91. The summed E-state index contributed by atoms with van der Waals surface area (Å²) in [5, 5.41) is 8.87. The van der Waals surface area contributed by atoms with Crippen molar-refractivity contribution in [3.05, 3.63) is 65.7 Å². The second-order valence-corrected chi connectivity index (χ2v) is 7.59. The van der Waals surface area contributed by atoms with E-state index in [4.69, 9.17) is 5.21 Å². The highest BCUT2D eigenvalue weighted by Gasteiger charge is 2.29. The molecule has 0 spiro atoms.